The van der Waals surface area contributed by atoms with E-state index < -0.39 is 0 Å². The zero-order valence-electron chi connectivity index (χ0n) is 13.4. The second kappa shape index (κ2) is 7.51. The minimum atomic E-state index is 0.529. The second-order valence-corrected chi connectivity index (χ2v) is 7.37. The molecule has 112 valence electrons. The molecule has 0 bridgehead atoms. The van der Waals surface area contributed by atoms with Crippen LogP contribution in [0, 0.1) is 17.8 Å². The van der Waals surface area contributed by atoms with Gasteiger partial charge < -0.3 is 5.32 Å². The molecule has 1 saturated carbocycles. The van der Waals surface area contributed by atoms with Crippen molar-refractivity contribution >= 4 is 11.8 Å². The smallest absolute Gasteiger partial charge is 0.0348 e. The molecule has 1 aliphatic rings. The molecule has 0 aromatic heterocycles. The molecule has 20 heavy (non-hydrogen) atoms. The Bertz CT molecular complexity index is 390. The van der Waals surface area contributed by atoms with Crippen molar-refractivity contribution in [2.45, 2.75) is 51.0 Å². The third-order valence-corrected chi connectivity index (χ3v) is 5.33. The Kier molecular flexibility index (Phi) is 5.98. The molecule has 0 radical (unpaired) electrons. The molecule has 0 aliphatic heterocycles. The number of hydrogen-bond acceptors (Lipinski definition) is 2. The van der Waals surface area contributed by atoms with Crippen LogP contribution in [0.5, 0.6) is 0 Å². The monoisotopic (exact) mass is 291 g/mol. The number of nitrogens with one attached hydrogen (secondary N) is 1. The van der Waals surface area contributed by atoms with Crippen molar-refractivity contribution in [2.75, 3.05) is 12.8 Å². The first-order valence-corrected chi connectivity index (χ1v) is 9.23. The summed E-state index contributed by atoms with van der Waals surface area (Å²) >= 11 is 1.82. The lowest BCUT2D eigenvalue weighted by Crippen LogP contribution is -2.33. The highest BCUT2D eigenvalue weighted by Gasteiger charge is 2.30. The number of hydrogen-bond donors (Lipinski definition) is 1. The summed E-state index contributed by atoms with van der Waals surface area (Å²) in [6.45, 7) is 8.11. The van der Waals surface area contributed by atoms with Gasteiger partial charge in [0.1, 0.15) is 0 Å². The van der Waals surface area contributed by atoms with E-state index >= 15 is 0 Å². The topological polar surface area (TPSA) is 12.0 Å². The van der Waals surface area contributed by atoms with Gasteiger partial charge in [0.2, 0.25) is 0 Å². The number of thioether (sulfide) groups is 1. The fourth-order valence-corrected chi connectivity index (χ4v) is 4.28. The summed E-state index contributed by atoms with van der Waals surface area (Å²) < 4.78 is 0. The minimum Gasteiger partial charge on any atom is -0.310 e. The van der Waals surface area contributed by atoms with Gasteiger partial charge >= 0.3 is 0 Å². The molecule has 2 rings (SSSR count). The summed E-state index contributed by atoms with van der Waals surface area (Å²) in [5, 5.41) is 3.74. The van der Waals surface area contributed by atoms with Crippen molar-refractivity contribution in [1.29, 1.82) is 0 Å². The van der Waals surface area contributed by atoms with Crippen LogP contribution in [-0.4, -0.2) is 12.8 Å². The summed E-state index contributed by atoms with van der Waals surface area (Å²) in [5.74, 6) is 2.53. The van der Waals surface area contributed by atoms with E-state index in [4.69, 9.17) is 0 Å². The molecular weight excluding hydrogens is 262 g/mol. The first-order chi connectivity index (χ1) is 9.63. The van der Waals surface area contributed by atoms with E-state index in [2.05, 4.69) is 56.6 Å². The van der Waals surface area contributed by atoms with Gasteiger partial charge in [-0.25, -0.2) is 0 Å². The third kappa shape index (κ3) is 4.02. The molecule has 3 atom stereocenters. The predicted octanol–water partition coefficient (Wildman–Crippen LogP) is 5.13. The van der Waals surface area contributed by atoms with Gasteiger partial charge in [-0.2, -0.15) is 0 Å². The third-order valence-electron chi connectivity index (χ3n) is 4.59. The molecule has 1 aromatic rings. The van der Waals surface area contributed by atoms with E-state index in [0.717, 1.165) is 24.3 Å². The van der Waals surface area contributed by atoms with Gasteiger partial charge in [-0.3, -0.25) is 0 Å². The zero-order valence-corrected chi connectivity index (χ0v) is 14.2. The first kappa shape index (κ1) is 15.9. The van der Waals surface area contributed by atoms with Crippen LogP contribution < -0.4 is 5.32 Å². The SMILES string of the molecule is CCNC(c1ccc(SC)cc1)C1CC(C)CC(C)C1. The Morgan fingerprint density at radius 2 is 1.70 bits per heavy atom. The highest BCUT2D eigenvalue weighted by molar-refractivity contribution is 7.98. The molecule has 0 heterocycles. The van der Waals surface area contributed by atoms with Gasteiger partial charge in [-0.1, -0.05) is 32.9 Å². The highest BCUT2D eigenvalue weighted by atomic mass is 32.2. The molecule has 0 spiro atoms. The van der Waals surface area contributed by atoms with Gasteiger partial charge in [0.05, 0.1) is 0 Å². The van der Waals surface area contributed by atoms with Crippen LogP contribution in [0.15, 0.2) is 29.2 Å². The lowest BCUT2D eigenvalue weighted by Gasteiger charge is -2.37. The van der Waals surface area contributed by atoms with Crippen molar-refractivity contribution in [3.05, 3.63) is 29.8 Å². The maximum absolute atomic E-state index is 3.74. The summed E-state index contributed by atoms with van der Waals surface area (Å²) in [5.41, 5.74) is 1.47. The average molecular weight is 292 g/mol. The van der Waals surface area contributed by atoms with E-state index in [1.165, 1.54) is 29.7 Å². The average Bonchev–Trinajstić information content (AvgIpc) is 2.44. The van der Waals surface area contributed by atoms with E-state index in [1.54, 1.807) is 0 Å². The quantitative estimate of drug-likeness (QED) is 0.755. The molecule has 1 nitrogen and oxygen atoms in total. The number of rotatable bonds is 5. The van der Waals surface area contributed by atoms with Crippen LogP contribution in [0.2, 0.25) is 0 Å². The Morgan fingerprint density at radius 3 is 2.20 bits per heavy atom. The van der Waals surface area contributed by atoms with Crippen molar-refractivity contribution in [1.82, 2.24) is 5.32 Å². The van der Waals surface area contributed by atoms with E-state index in [1.807, 2.05) is 11.8 Å². The van der Waals surface area contributed by atoms with Crippen LogP contribution in [0.25, 0.3) is 0 Å². The maximum Gasteiger partial charge on any atom is 0.0348 e. The lowest BCUT2D eigenvalue weighted by atomic mass is 9.72. The van der Waals surface area contributed by atoms with Gasteiger partial charge in [-0.15, -0.1) is 11.8 Å². The first-order valence-electron chi connectivity index (χ1n) is 8.01. The Morgan fingerprint density at radius 1 is 1.10 bits per heavy atom. The van der Waals surface area contributed by atoms with Crippen LogP contribution in [0.1, 0.15) is 51.6 Å². The Hall–Kier alpha value is -0.470. The molecule has 1 aromatic carbocycles. The highest BCUT2D eigenvalue weighted by Crippen LogP contribution is 2.40. The van der Waals surface area contributed by atoms with E-state index in [0.29, 0.717) is 6.04 Å². The molecule has 1 fully saturated rings. The largest absolute Gasteiger partial charge is 0.310 e. The molecule has 2 heteroatoms. The normalized spacial score (nSPS) is 28.3. The van der Waals surface area contributed by atoms with E-state index in [9.17, 15) is 0 Å². The molecule has 1 N–H and O–H groups in total. The predicted molar refractivity (Wildman–Crippen MR) is 90.3 cm³/mol. The van der Waals surface area contributed by atoms with Crippen LogP contribution in [0.4, 0.5) is 0 Å². The summed E-state index contributed by atoms with van der Waals surface area (Å²) in [4.78, 5) is 1.36. The van der Waals surface area contributed by atoms with Gasteiger partial charge in [-0.05, 0) is 67.5 Å². The molecule has 0 saturated heterocycles. The fraction of sp³-hybridized carbons (Fsp3) is 0.667. The fourth-order valence-electron chi connectivity index (χ4n) is 3.87. The van der Waals surface area contributed by atoms with Crippen LogP contribution in [0.3, 0.4) is 0 Å². The van der Waals surface area contributed by atoms with Crippen molar-refractivity contribution < 1.29 is 0 Å². The van der Waals surface area contributed by atoms with Crippen molar-refractivity contribution in [2.24, 2.45) is 17.8 Å². The summed E-state index contributed by atoms with van der Waals surface area (Å²) in [6.07, 6.45) is 6.28. The van der Waals surface area contributed by atoms with Gasteiger partial charge in [0, 0.05) is 10.9 Å². The zero-order chi connectivity index (χ0) is 14.5. The molecule has 0 amide bonds. The van der Waals surface area contributed by atoms with Crippen LogP contribution >= 0.6 is 11.8 Å². The van der Waals surface area contributed by atoms with Gasteiger partial charge in [0.25, 0.3) is 0 Å². The minimum absolute atomic E-state index is 0.529. The van der Waals surface area contributed by atoms with Gasteiger partial charge in [0.15, 0.2) is 0 Å². The second-order valence-electron chi connectivity index (χ2n) is 6.49. The Labute approximate surface area is 128 Å². The lowest BCUT2D eigenvalue weighted by molar-refractivity contribution is 0.177. The molecular formula is C18H29NS. The summed E-state index contributed by atoms with van der Waals surface area (Å²) in [7, 11) is 0. The molecule has 1 aliphatic carbocycles. The van der Waals surface area contributed by atoms with E-state index in [-0.39, 0.29) is 0 Å². The number of benzene rings is 1. The molecule has 3 unspecified atom stereocenters. The van der Waals surface area contributed by atoms with Crippen LogP contribution in [-0.2, 0) is 0 Å². The van der Waals surface area contributed by atoms with Crippen molar-refractivity contribution in [3.8, 4) is 0 Å². The standard InChI is InChI=1S/C18H29NS/c1-5-19-18(15-6-8-17(20-4)9-7-15)16-11-13(2)10-14(3)12-16/h6-9,13-14,16,18-19H,5,10-12H2,1-4H3. The maximum atomic E-state index is 3.74. The summed E-state index contributed by atoms with van der Waals surface area (Å²) in [6, 6.07) is 9.70. The Balaban J connectivity index is 2.16. The van der Waals surface area contributed by atoms with Crippen molar-refractivity contribution in [3.63, 3.8) is 0 Å².